The Morgan fingerprint density at radius 2 is 1.92 bits per heavy atom. The second-order valence-corrected chi connectivity index (χ2v) is 7.02. The fourth-order valence-corrected chi connectivity index (χ4v) is 2.96. The van der Waals surface area contributed by atoms with E-state index in [1.807, 2.05) is 31.4 Å². The van der Waals surface area contributed by atoms with Crippen LogP contribution in [0.3, 0.4) is 0 Å². The number of rotatable bonds is 8. The zero-order valence-corrected chi connectivity index (χ0v) is 14.6. The summed E-state index contributed by atoms with van der Waals surface area (Å²) in [6.07, 6.45) is 1.30. The topological polar surface area (TPSA) is 86.8 Å². The van der Waals surface area contributed by atoms with Gasteiger partial charge in [-0.15, -0.1) is 11.3 Å². The summed E-state index contributed by atoms with van der Waals surface area (Å²) in [6, 6.07) is 3.06. The van der Waals surface area contributed by atoms with Crippen molar-refractivity contribution in [2.45, 2.75) is 26.7 Å². The van der Waals surface area contributed by atoms with Gasteiger partial charge < -0.3 is 5.32 Å². The Balaban J connectivity index is 1.89. The second-order valence-electron chi connectivity index (χ2n) is 5.99. The molecule has 8 heteroatoms. The van der Waals surface area contributed by atoms with Crippen LogP contribution >= 0.6 is 11.3 Å². The zero-order chi connectivity index (χ0) is 17.7. The highest BCUT2D eigenvalue weighted by molar-refractivity contribution is 7.09. The van der Waals surface area contributed by atoms with Crippen molar-refractivity contribution in [1.29, 1.82) is 0 Å². The number of imide groups is 2. The van der Waals surface area contributed by atoms with Crippen LogP contribution in [-0.4, -0.2) is 53.2 Å². The molecule has 2 rings (SSSR count). The smallest absolute Gasteiger partial charge is 0.334 e. The Bertz CT molecular complexity index is 627. The first-order chi connectivity index (χ1) is 11.4. The SMILES string of the molecule is CC(C)CCNC(=O)CN1C(=O)C(=O)N(CCc2cccs2)C1=O. The summed E-state index contributed by atoms with van der Waals surface area (Å²) in [7, 11) is 0. The molecule has 1 fully saturated rings. The van der Waals surface area contributed by atoms with Crippen LogP contribution in [-0.2, 0) is 20.8 Å². The average molecular weight is 351 g/mol. The minimum Gasteiger partial charge on any atom is -0.355 e. The summed E-state index contributed by atoms with van der Waals surface area (Å²) in [5, 5.41) is 4.56. The first kappa shape index (κ1) is 18.1. The molecule has 0 atom stereocenters. The molecular weight excluding hydrogens is 330 g/mol. The number of amides is 5. The van der Waals surface area contributed by atoms with E-state index in [0.29, 0.717) is 23.8 Å². The van der Waals surface area contributed by atoms with Gasteiger partial charge in [0, 0.05) is 24.4 Å². The average Bonchev–Trinajstić information content (AvgIpc) is 3.10. The van der Waals surface area contributed by atoms with Gasteiger partial charge in [0.25, 0.3) is 0 Å². The van der Waals surface area contributed by atoms with E-state index in [1.54, 1.807) is 0 Å². The lowest BCUT2D eigenvalue weighted by Gasteiger charge is -2.15. The highest BCUT2D eigenvalue weighted by Gasteiger charge is 2.44. The lowest BCUT2D eigenvalue weighted by Crippen LogP contribution is -2.42. The van der Waals surface area contributed by atoms with E-state index in [0.717, 1.165) is 16.2 Å². The van der Waals surface area contributed by atoms with E-state index >= 15 is 0 Å². The predicted molar refractivity (Wildman–Crippen MR) is 89.3 cm³/mol. The number of hydrogen-bond donors (Lipinski definition) is 1. The predicted octanol–water partition coefficient (Wildman–Crippen LogP) is 1.24. The van der Waals surface area contributed by atoms with Crippen molar-refractivity contribution in [2.24, 2.45) is 5.92 Å². The van der Waals surface area contributed by atoms with Crippen molar-refractivity contribution in [3.8, 4) is 0 Å². The normalized spacial score (nSPS) is 14.9. The molecule has 0 radical (unpaired) electrons. The highest BCUT2D eigenvalue weighted by Crippen LogP contribution is 2.15. The second kappa shape index (κ2) is 8.05. The molecule has 0 aromatic carbocycles. The third-order valence-electron chi connectivity index (χ3n) is 3.64. The molecule has 0 spiro atoms. The molecule has 1 N–H and O–H groups in total. The van der Waals surface area contributed by atoms with Gasteiger partial charge in [-0.1, -0.05) is 19.9 Å². The van der Waals surface area contributed by atoms with Crippen LogP contribution in [0.15, 0.2) is 17.5 Å². The summed E-state index contributed by atoms with van der Waals surface area (Å²) < 4.78 is 0. The van der Waals surface area contributed by atoms with Gasteiger partial charge >= 0.3 is 17.8 Å². The van der Waals surface area contributed by atoms with Gasteiger partial charge in [-0.2, -0.15) is 0 Å². The summed E-state index contributed by atoms with van der Waals surface area (Å²) >= 11 is 1.52. The highest BCUT2D eigenvalue weighted by atomic mass is 32.1. The van der Waals surface area contributed by atoms with Crippen LogP contribution in [0.2, 0.25) is 0 Å². The Morgan fingerprint density at radius 1 is 1.21 bits per heavy atom. The standard InChI is InChI=1S/C16H21N3O4S/c1-11(2)5-7-17-13(20)10-19-15(22)14(21)18(16(19)23)8-6-12-4-3-9-24-12/h3-4,9,11H,5-8,10H2,1-2H3,(H,17,20). The lowest BCUT2D eigenvalue weighted by atomic mass is 10.1. The van der Waals surface area contributed by atoms with Crippen LogP contribution in [0.1, 0.15) is 25.1 Å². The molecule has 1 saturated heterocycles. The van der Waals surface area contributed by atoms with Gasteiger partial charge in [0.2, 0.25) is 5.91 Å². The number of thiophene rings is 1. The molecule has 1 aromatic heterocycles. The molecule has 1 aliphatic rings. The molecule has 7 nitrogen and oxygen atoms in total. The number of carbonyl (C=O) groups is 4. The quantitative estimate of drug-likeness (QED) is 0.564. The van der Waals surface area contributed by atoms with Crippen molar-refractivity contribution in [3.05, 3.63) is 22.4 Å². The van der Waals surface area contributed by atoms with Crippen LogP contribution in [0.5, 0.6) is 0 Å². The third kappa shape index (κ3) is 4.41. The van der Waals surface area contributed by atoms with E-state index in [2.05, 4.69) is 5.32 Å². The first-order valence-electron chi connectivity index (χ1n) is 7.86. The number of nitrogens with one attached hydrogen (secondary N) is 1. The van der Waals surface area contributed by atoms with Crippen molar-refractivity contribution in [3.63, 3.8) is 0 Å². The molecule has 0 bridgehead atoms. The monoisotopic (exact) mass is 351 g/mol. The summed E-state index contributed by atoms with van der Waals surface area (Å²) in [4.78, 5) is 50.6. The van der Waals surface area contributed by atoms with Crippen molar-refractivity contribution >= 4 is 35.1 Å². The molecule has 24 heavy (non-hydrogen) atoms. The first-order valence-corrected chi connectivity index (χ1v) is 8.74. The van der Waals surface area contributed by atoms with Crippen LogP contribution in [0, 0.1) is 5.92 Å². The van der Waals surface area contributed by atoms with Crippen LogP contribution < -0.4 is 5.32 Å². The van der Waals surface area contributed by atoms with E-state index in [4.69, 9.17) is 0 Å². The molecule has 130 valence electrons. The maximum Gasteiger partial charge on any atom is 0.334 e. The minimum absolute atomic E-state index is 0.134. The van der Waals surface area contributed by atoms with E-state index in [-0.39, 0.29) is 6.54 Å². The van der Waals surface area contributed by atoms with Crippen LogP contribution in [0.25, 0.3) is 0 Å². The van der Waals surface area contributed by atoms with Gasteiger partial charge in [-0.25, -0.2) is 9.69 Å². The summed E-state index contributed by atoms with van der Waals surface area (Å²) in [5.74, 6) is -1.81. The molecule has 1 aromatic rings. The Hall–Kier alpha value is -2.22. The largest absolute Gasteiger partial charge is 0.355 e. The van der Waals surface area contributed by atoms with E-state index in [1.165, 1.54) is 11.3 Å². The van der Waals surface area contributed by atoms with Gasteiger partial charge in [0.1, 0.15) is 6.54 Å². The number of carbonyl (C=O) groups excluding carboxylic acids is 4. The number of hydrogen-bond acceptors (Lipinski definition) is 5. The zero-order valence-electron chi connectivity index (χ0n) is 13.8. The van der Waals surface area contributed by atoms with Crippen molar-refractivity contribution in [2.75, 3.05) is 19.6 Å². The third-order valence-corrected chi connectivity index (χ3v) is 4.58. The Labute approximate surface area is 144 Å². The Kier molecular flexibility index (Phi) is 6.08. The molecule has 0 unspecified atom stereocenters. The lowest BCUT2D eigenvalue weighted by molar-refractivity contribution is -0.144. The van der Waals surface area contributed by atoms with Gasteiger partial charge in [0.15, 0.2) is 0 Å². The van der Waals surface area contributed by atoms with E-state index in [9.17, 15) is 19.2 Å². The number of nitrogens with zero attached hydrogens (tertiary/aromatic N) is 2. The molecule has 0 aliphatic carbocycles. The molecule has 2 heterocycles. The summed E-state index contributed by atoms with van der Waals surface area (Å²) in [6.45, 7) is 4.25. The number of urea groups is 1. The van der Waals surface area contributed by atoms with Crippen molar-refractivity contribution < 1.29 is 19.2 Å². The summed E-state index contributed by atoms with van der Waals surface area (Å²) in [5.41, 5.74) is 0. The van der Waals surface area contributed by atoms with E-state index < -0.39 is 30.3 Å². The fraction of sp³-hybridized carbons (Fsp3) is 0.500. The van der Waals surface area contributed by atoms with Crippen molar-refractivity contribution in [1.82, 2.24) is 15.1 Å². The van der Waals surface area contributed by atoms with Crippen LogP contribution in [0.4, 0.5) is 4.79 Å². The molecule has 0 saturated carbocycles. The molecular formula is C16H21N3O4S. The molecule has 5 amide bonds. The maximum atomic E-state index is 12.2. The maximum absolute atomic E-state index is 12.2. The minimum atomic E-state index is -0.940. The van der Waals surface area contributed by atoms with Gasteiger partial charge in [-0.3, -0.25) is 19.3 Å². The van der Waals surface area contributed by atoms with Gasteiger partial charge in [0.05, 0.1) is 0 Å². The Morgan fingerprint density at radius 3 is 2.54 bits per heavy atom. The molecule has 1 aliphatic heterocycles. The fourth-order valence-electron chi connectivity index (χ4n) is 2.26. The van der Waals surface area contributed by atoms with Gasteiger partial charge in [-0.05, 0) is 23.8 Å².